The van der Waals surface area contributed by atoms with Gasteiger partial charge in [-0.25, -0.2) is 35.3 Å². The van der Waals surface area contributed by atoms with Crippen molar-refractivity contribution in [2.24, 2.45) is 0 Å². The maximum absolute atomic E-state index is 16.1. The van der Waals surface area contributed by atoms with Gasteiger partial charge in [0.1, 0.15) is 35.8 Å². The number of rotatable bonds is 12. The number of benzene rings is 2. The Morgan fingerprint density at radius 3 is 2.51 bits per heavy atom. The molecule has 0 aliphatic rings. The van der Waals surface area contributed by atoms with Crippen molar-refractivity contribution in [3.8, 4) is 0 Å². The number of hydrogen-bond acceptors (Lipinski definition) is 7. The molecule has 3 aromatic rings. The number of alkyl halides is 1. The molecule has 8 nitrogen and oxygen atoms in total. The van der Waals surface area contributed by atoms with Crippen LogP contribution in [0.1, 0.15) is 31.9 Å². The Morgan fingerprint density at radius 1 is 1.12 bits per heavy atom. The fourth-order valence-electron chi connectivity index (χ4n) is 3.81. The van der Waals surface area contributed by atoms with Crippen molar-refractivity contribution in [2.45, 2.75) is 31.2 Å². The predicted octanol–water partition coefficient (Wildman–Crippen LogP) is 5.48. The van der Waals surface area contributed by atoms with E-state index in [-0.39, 0.29) is 28.9 Å². The molecular weight excluding hydrogens is 562 g/mol. The van der Waals surface area contributed by atoms with Crippen molar-refractivity contribution in [2.75, 3.05) is 36.7 Å². The molecule has 220 valence electrons. The summed E-state index contributed by atoms with van der Waals surface area (Å²) in [5.74, 6) is -2.90. The van der Waals surface area contributed by atoms with Crippen LogP contribution in [-0.4, -0.2) is 51.7 Å². The van der Waals surface area contributed by atoms with Crippen LogP contribution in [0, 0.1) is 22.9 Å². The van der Waals surface area contributed by atoms with Crippen LogP contribution in [0.3, 0.4) is 0 Å². The molecule has 0 saturated heterocycles. The first-order chi connectivity index (χ1) is 19.3. The molecule has 0 spiro atoms. The Morgan fingerprint density at radius 2 is 1.85 bits per heavy atom. The molecule has 13 heteroatoms. The van der Waals surface area contributed by atoms with Gasteiger partial charge < -0.3 is 15.4 Å². The zero-order valence-electron chi connectivity index (χ0n) is 22.9. The quantitative estimate of drug-likeness (QED) is 0.111. The summed E-state index contributed by atoms with van der Waals surface area (Å²) in [7, 11) is -3.70. The van der Waals surface area contributed by atoms with Gasteiger partial charge in [0.2, 0.25) is 0 Å². The standard InChI is InChI=1S/C28H31F4N5O3S/c1-28(2,3)36-25-14-18(10-12-35-25)21(16-34-13-11-29)27(33)20-6-5-7-23(26(20)32)37(17-40-4)41(38,39)24-15-19(30)8-9-22(24)31/h5-10,12,14-16,33-34H,11,13,17H2,1-4H3,(H,35,36)/b21-16-,33-27?. The number of sulfonamides is 1. The van der Waals surface area contributed by atoms with Crippen molar-refractivity contribution < 1.29 is 30.7 Å². The van der Waals surface area contributed by atoms with Gasteiger partial charge in [0.05, 0.1) is 11.4 Å². The molecular formula is C28H31F4N5O3S. The monoisotopic (exact) mass is 593 g/mol. The highest BCUT2D eigenvalue weighted by atomic mass is 32.2. The van der Waals surface area contributed by atoms with E-state index in [0.29, 0.717) is 27.8 Å². The third-order valence-electron chi connectivity index (χ3n) is 5.55. The van der Waals surface area contributed by atoms with E-state index in [9.17, 15) is 21.6 Å². The van der Waals surface area contributed by atoms with Gasteiger partial charge in [0, 0.05) is 42.7 Å². The molecule has 0 aliphatic heterocycles. The SMILES string of the molecule is COCN(c1cccc(C(=N)/C(=C\NCCF)c2ccnc(NC(C)(C)C)c2)c1F)S(=O)(=O)c1cc(F)ccc1F. The third kappa shape index (κ3) is 7.61. The third-order valence-corrected chi connectivity index (χ3v) is 7.30. The van der Waals surface area contributed by atoms with Crippen molar-refractivity contribution in [1.82, 2.24) is 10.3 Å². The number of allylic oxidation sites excluding steroid dienone is 1. The molecule has 0 aliphatic carbocycles. The van der Waals surface area contributed by atoms with Crippen LogP contribution in [0.4, 0.5) is 29.1 Å². The van der Waals surface area contributed by atoms with Gasteiger partial charge in [0.15, 0.2) is 5.82 Å². The zero-order valence-corrected chi connectivity index (χ0v) is 23.8. The molecule has 0 saturated carbocycles. The fraction of sp³-hybridized carbons (Fsp3) is 0.286. The normalized spacial score (nSPS) is 12.2. The molecule has 0 bridgehead atoms. The fourth-order valence-corrected chi connectivity index (χ4v) is 5.27. The van der Waals surface area contributed by atoms with Crippen LogP contribution in [0.25, 0.3) is 5.57 Å². The van der Waals surface area contributed by atoms with E-state index in [2.05, 4.69) is 15.6 Å². The number of hydrogen-bond donors (Lipinski definition) is 3. The number of nitrogens with zero attached hydrogens (tertiary/aromatic N) is 2. The Kier molecular flexibility index (Phi) is 10.1. The molecule has 41 heavy (non-hydrogen) atoms. The molecule has 0 amide bonds. The average molecular weight is 594 g/mol. The maximum Gasteiger partial charge on any atom is 0.269 e. The summed E-state index contributed by atoms with van der Waals surface area (Å²) < 4.78 is 89.4. The molecule has 2 aromatic carbocycles. The van der Waals surface area contributed by atoms with E-state index < -0.39 is 51.5 Å². The molecule has 0 fully saturated rings. The summed E-state index contributed by atoms with van der Waals surface area (Å²) in [5.41, 5.74) is -0.974. The van der Waals surface area contributed by atoms with Crippen molar-refractivity contribution in [3.05, 3.63) is 89.5 Å². The lowest BCUT2D eigenvalue weighted by molar-refractivity contribution is 0.209. The summed E-state index contributed by atoms with van der Waals surface area (Å²) in [6.45, 7) is 4.28. The predicted molar refractivity (Wildman–Crippen MR) is 151 cm³/mol. The Labute approximate surface area is 236 Å². The summed E-state index contributed by atoms with van der Waals surface area (Å²) in [4.78, 5) is 3.26. The van der Waals surface area contributed by atoms with Gasteiger partial charge in [-0.2, -0.15) is 0 Å². The second-order valence-corrected chi connectivity index (χ2v) is 11.7. The number of halogens is 4. The summed E-state index contributed by atoms with van der Waals surface area (Å²) in [6.07, 6.45) is 2.85. The molecule has 3 N–H and O–H groups in total. The van der Waals surface area contributed by atoms with E-state index in [0.717, 1.165) is 19.2 Å². The minimum Gasteiger partial charge on any atom is -0.388 e. The number of nitrogens with one attached hydrogen (secondary N) is 3. The number of aromatic nitrogens is 1. The van der Waals surface area contributed by atoms with Gasteiger partial charge in [-0.05, 0) is 68.8 Å². The average Bonchev–Trinajstić information content (AvgIpc) is 2.90. The van der Waals surface area contributed by atoms with Gasteiger partial charge in [-0.15, -0.1) is 0 Å². The highest BCUT2D eigenvalue weighted by Crippen LogP contribution is 2.32. The van der Waals surface area contributed by atoms with Crippen LogP contribution in [0.15, 0.2) is 65.8 Å². The van der Waals surface area contributed by atoms with Gasteiger partial charge in [0.25, 0.3) is 10.0 Å². The van der Waals surface area contributed by atoms with Crippen molar-refractivity contribution in [1.29, 1.82) is 5.41 Å². The lowest BCUT2D eigenvalue weighted by atomic mass is 9.96. The van der Waals surface area contributed by atoms with Crippen molar-refractivity contribution >= 4 is 32.8 Å². The largest absolute Gasteiger partial charge is 0.388 e. The van der Waals surface area contributed by atoms with Gasteiger partial charge in [-0.1, -0.05) is 6.07 Å². The first kappa shape index (κ1) is 31.6. The highest BCUT2D eigenvalue weighted by Gasteiger charge is 2.32. The minimum atomic E-state index is -4.85. The minimum absolute atomic E-state index is 0.0729. The molecule has 0 atom stereocenters. The molecule has 3 rings (SSSR count). The lowest BCUT2D eigenvalue weighted by Gasteiger charge is -2.25. The Bertz CT molecular complexity index is 1540. The van der Waals surface area contributed by atoms with Crippen LogP contribution in [0.2, 0.25) is 0 Å². The summed E-state index contributed by atoms with van der Waals surface area (Å²) >= 11 is 0. The number of methoxy groups -OCH3 is 1. The van der Waals surface area contributed by atoms with Crippen LogP contribution >= 0.6 is 0 Å². The molecule has 0 unspecified atom stereocenters. The summed E-state index contributed by atoms with van der Waals surface area (Å²) in [6, 6.07) is 8.80. The van der Waals surface area contributed by atoms with Crippen molar-refractivity contribution in [3.63, 3.8) is 0 Å². The first-order valence-corrected chi connectivity index (χ1v) is 13.8. The second-order valence-electron chi connectivity index (χ2n) is 9.87. The topological polar surface area (TPSA) is 107 Å². The number of pyridine rings is 1. The molecule has 1 heterocycles. The molecule has 0 radical (unpaired) electrons. The maximum atomic E-state index is 16.1. The lowest BCUT2D eigenvalue weighted by Crippen LogP contribution is -2.34. The second kappa shape index (κ2) is 13.1. The highest BCUT2D eigenvalue weighted by molar-refractivity contribution is 7.92. The van der Waals surface area contributed by atoms with E-state index in [1.165, 1.54) is 24.5 Å². The van der Waals surface area contributed by atoms with E-state index >= 15 is 4.39 Å². The van der Waals surface area contributed by atoms with Crippen LogP contribution in [0.5, 0.6) is 0 Å². The number of anilines is 2. The Balaban J connectivity index is 2.13. The van der Waals surface area contributed by atoms with Gasteiger partial charge in [-0.3, -0.25) is 5.41 Å². The van der Waals surface area contributed by atoms with E-state index in [1.807, 2.05) is 20.8 Å². The van der Waals surface area contributed by atoms with Crippen LogP contribution in [-0.2, 0) is 14.8 Å². The van der Waals surface area contributed by atoms with Gasteiger partial charge >= 0.3 is 0 Å². The molecule has 1 aromatic heterocycles. The zero-order chi connectivity index (χ0) is 30.4. The summed E-state index contributed by atoms with van der Waals surface area (Å²) in [5, 5.41) is 14.8. The van der Waals surface area contributed by atoms with E-state index in [1.54, 1.807) is 12.1 Å². The smallest absolute Gasteiger partial charge is 0.269 e. The van der Waals surface area contributed by atoms with E-state index in [4.69, 9.17) is 10.1 Å². The first-order valence-electron chi connectivity index (χ1n) is 12.4. The number of ether oxygens (including phenoxy) is 1. The Hall–Kier alpha value is -3.97. The van der Waals surface area contributed by atoms with Crippen LogP contribution < -0.4 is 14.9 Å².